The van der Waals surface area contributed by atoms with Gasteiger partial charge >= 0.3 is 5.97 Å². The number of benzene rings is 1. The van der Waals surface area contributed by atoms with E-state index in [4.69, 9.17) is 10.00 Å². The molecule has 3 nitrogen and oxygen atoms in total. The van der Waals surface area contributed by atoms with E-state index in [1.807, 2.05) is 13.0 Å². The van der Waals surface area contributed by atoms with Crippen molar-refractivity contribution in [2.75, 3.05) is 0 Å². The second kappa shape index (κ2) is 3.82. The molecule has 0 N–H and O–H groups in total. The summed E-state index contributed by atoms with van der Waals surface area (Å²) in [6.07, 6.45) is 0.781. The van der Waals surface area contributed by atoms with Crippen molar-refractivity contribution in [2.45, 2.75) is 20.3 Å². The molecule has 1 aromatic carbocycles. The average molecular weight is 213 g/mol. The largest absolute Gasteiger partial charge is 0.426 e. The summed E-state index contributed by atoms with van der Waals surface area (Å²) in [6, 6.07) is 7.54. The van der Waals surface area contributed by atoms with E-state index in [0.29, 0.717) is 11.3 Å². The second-order valence-corrected chi connectivity index (χ2v) is 3.86. The van der Waals surface area contributed by atoms with Crippen molar-refractivity contribution in [2.24, 2.45) is 0 Å². The third-order valence-electron chi connectivity index (χ3n) is 2.57. The Kier molecular flexibility index (Phi) is 2.49. The Labute approximate surface area is 94.0 Å². The average Bonchev–Trinajstić information content (AvgIpc) is 2.54. The van der Waals surface area contributed by atoms with Crippen molar-refractivity contribution in [1.82, 2.24) is 0 Å². The van der Waals surface area contributed by atoms with Gasteiger partial charge < -0.3 is 4.74 Å². The van der Waals surface area contributed by atoms with Gasteiger partial charge in [0.05, 0.1) is 11.6 Å². The lowest BCUT2D eigenvalue weighted by Crippen LogP contribution is -1.98. The topological polar surface area (TPSA) is 50.1 Å². The Balaban J connectivity index is 2.47. The van der Waals surface area contributed by atoms with E-state index in [1.54, 1.807) is 12.1 Å². The summed E-state index contributed by atoms with van der Waals surface area (Å²) in [5, 5.41) is 8.83. The Bertz CT molecular complexity index is 535. The summed E-state index contributed by atoms with van der Waals surface area (Å²) < 4.78 is 5.18. The minimum Gasteiger partial charge on any atom is -0.426 e. The molecular formula is C13H11NO2. The van der Waals surface area contributed by atoms with Crippen LogP contribution in [0.5, 0.6) is 0 Å². The van der Waals surface area contributed by atoms with E-state index in [9.17, 15) is 4.79 Å². The van der Waals surface area contributed by atoms with Gasteiger partial charge in [-0.25, -0.2) is 0 Å². The van der Waals surface area contributed by atoms with E-state index < -0.39 is 0 Å². The van der Waals surface area contributed by atoms with E-state index in [-0.39, 0.29) is 5.97 Å². The number of nitriles is 1. The lowest BCUT2D eigenvalue weighted by Gasteiger charge is -2.06. The van der Waals surface area contributed by atoms with Crippen LogP contribution in [0.25, 0.3) is 5.76 Å². The van der Waals surface area contributed by atoms with Gasteiger partial charge in [-0.15, -0.1) is 0 Å². The summed E-state index contributed by atoms with van der Waals surface area (Å²) in [4.78, 5) is 11.0. The molecule has 0 saturated heterocycles. The van der Waals surface area contributed by atoms with Crippen LogP contribution < -0.4 is 0 Å². The Morgan fingerprint density at radius 3 is 2.88 bits per heavy atom. The summed E-state index contributed by atoms with van der Waals surface area (Å²) in [6.45, 7) is 3.32. The first-order valence-corrected chi connectivity index (χ1v) is 5.03. The standard InChI is InChI=1S/C13H11NO2/c1-8-5-11-4-3-10(7-14)6-12(11)13(8)16-9(2)15/h3-4,6H,5H2,1-2H3. The molecule has 0 aliphatic heterocycles. The van der Waals surface area contributed by atoms with Crippen molar-refractivity contribution < 1.29 is 9.53 Å². The molecule has 0 radical (unpaired) electrons. The van der Waals surface area contributed by atoms with E-state index in [2.05, 4.69) is 6.07 Å². The number of carbonyl (C=O) groups is 1. The van der Waals surface area contributed by atoms with Gasteiger partial charge in [-0.1, -0.05) is 6.07 Å². The van der Waals surface area contributed by atoms with Gasteiger partial charge in [0.2, 0.25) is 0 Å². The first-order valence-electron chi connectivity index (χ1n) is 5.03. The molecular weight excluding hydrogens is 202 g/mol. The van der Waals surface area contributed by atoms with Gasteiger partial charge in [-0.3, -0.25) is 4.79 Å². The van der Waals surface area contributed by atoms with Crippen molar-refractivity contribution in [3.05, 3.63) is 40.5 Å². The highest BCUT2D eigenvalue weighted by atomic mass is 16.5. The molecule has 3 heteroatoms. The molecule has 0 amide bonds. The monoisotopic (exact) mass is 213 g/mol. The second-order valence-electron chi connectivity index (χ2n) is 3.86. The van der Waals surface area contributed by atoms with Crippen LogP contribution in [0.1, 0.15) is 30.5 Å². The molecule has 1 aliphatic rings. The van der Waals surface area contributed by atoms with Crippen molar-refractivity contribution >= 4 is 11.7 Å². The number of nitrogens with zero attached hydrogens (tertiary/aromatic N) is 1. The zero-order valence-corrected chi connectivity index (χ0v) is 9.20. The molecule has 2 rings (SSSR count). The predicted octanol–water partition coefficient (Wildman–Crippen LogP) is 2.41. The number of fused-ring (bicyclic) bond motifs is 1. The summed E-state index contributed by atoms with van der Waals surface area (Å²) in [7, 11) is 0. The molecule has 0 atom stereocenters. The van der Waals surface area contributed by atoms with Gasteiger partial charge in [0.1, 0.15) is 5.76 Å². The molecule has 0 heterocycles. The predicted molar refractivity (Wildman–Crippen MR) is 59.2 cm³/mol. The van der Waals surface area contributed by atoms with Crippen LogP contribution in [0.3, 0.4) is 0 Å². The maximum absolute atomic E-state index is 11.0. The van der Waals surface area contributed by atoms with Gasteiger partial charge in [-0.2, -0.15) is 5.26 Å². The Morgan fingerprint density at radius 1 is 1.50 bits per heavy atom. The van der Waals surface area contributed by atoms with Gasteiger partial charge in [0.25, 0.3) is 0 Å². The summed E-state index contributed by atoms with van der Waals surface area (Å²) >= 11 is 0. The minimum atomic E-state index is -0.329. The molecule has 1 aliphatic carbocycles. The SMILES string of the molecule is CC(=O)OC1=C(C)Cc2ccc(C#N)cc21. The number of ether oxygens (including phenoxy) is 1. The third kappa shape index (κ3) is 1.70. The molecule has 0 saturated carbocycles. The number of hydrogen-bond donors (Lipinski definition) is 0. The maximum atomic E-state index is 11.0. The van der Waals surface area contributed by atoms with Crippen molar-refractivity contribution in [3.8, 4) is 6.07 Å². The van der Waals surface area contributed by atoms with Crippen molar-refractivity contribution in [3.63, 3.8) is 0 Å². The highest BCUT2D eigenvalue weighted by molar-refractivity contribution is 5.81. The fourth-order valence-electron chi connectivity index (χ4n) is 1.89. The van der Waals surface area contributed by atoms with E-state index in [0.717, 1.165) is 23.1 Å². The van der Waals surface area contributed by atoms with Crippen LogP contribution in [-0.2, 0) is 16.0 Å². The summed E-state index contributed by atoms with van der Waals surface area (Å²) in [5.41, 5.74) is 3.58. The summed E-state index contributed by atoms with van der Waals surface area (Å²) in [5.74, 6) is 0.282. The highest BCUT2D eigenvalue weighted by Crippen LogP contribution is 2.33. The quantitative estimate of drug-likeness (QED) is 0.673. The first kappa shape index (κ1) is 10.4. The zero-order valence-electron chi connectivity index (χ0n) is 9.20. The number of allylic oxidation sites excluding steroid dienone is 1. The lowest BCUT2D eigenvalue weighted by atomic mass is 10.1. The Hall–Kier alpha value is -2.08. The van der Waals surface area contributed by atoms with Crippen LogP contribution in [0.4, 0.5) is 0 Å². The first-order chi connectivity index (χ1) is 7.61. The smallest absolute Gasteiger partial charge is 0.308 e. The minimum absolute atomic E-state index is 0.329. The molecule has 1 aromatic rings. The van der Waals surface area contributed by atoms with Crippen LogP contribution in [0.2, 0.25) is 0 Å². The van der Waals surface area contributed by atoms with Gasteiger partial charge in [-0.05, 0) is 36.6 Å². The van der Waals surface area contributed by atoms with E-state index >= 15 is 0 Å². The van der Waals surface area contributed by atoms with Crippen LogP contribution in [0, 0.1) is 11.3 Å². The maximum Gasteiger partial charge on any atom is 0.308 e. The molecule has 16 heavy (non-hydrogen) atoms. The van der Waals surface area contributed by atoms with E-state index in [1.165, 1.54) is 6.92 Å². The van der Waals surface area contributed by atoms with Gasteiger partial charge in [0, 0.05) is 12.5 Å². The van der Waals surface area contributed by atoms with Crippen LogP contribution in [0.15, 0.2) is 23.8 Å². The Morgan fingerprint density at radius 2 is 2.25 bits per heavy atom. The molecule has 0 unspecified atom stereocenters. The lowest BCUT2D eigenvalue weighted by molar-refractivity contribution is -0.134. The molecule has 0 fully saturated rings. The molecule has 0 bridgehead atoms. The highest BCUT2D eigenvalue weighted by Gasteiger charge is 2.21. The van der Waals surface area contributed by atoms with Crippen molar-refractivity contribution in [1.29, 1.82) is 5.26 Å². The molecule has 0 aromatic heterocycles. The normalized spacial score (nSPS) is 13.3. The fraction of sp³-hybridized carbons (Fsp3) is 0.231. The number of esters is 1. The van der Waals surface area contributed by atoms with Crippen LogP contribution >= 0.6 is 0 Å². The molecule has 80 valence electrons. The van der Waals surface area contributed by atoms with Crippen LogP contribution in [-0.4, -0.2) is 5.97 Å². The third-order valence-corrected chi connectivity index (χ3v) is 2.57. The zero-order chi connectivity index (χ0) is 11.7. The van der Waals surface area contributed by atoms with Gasteiger partial charge in [0.15, 0.2) is 0 Å². The fourth-order valence-corrected chi connectivity index (χ4v) is 1.89. The number of carbonyl (C=O) groups excluding carboxylic acids is 1. The molecule has 0 spiro atoms. The number of hydrogen-bond acceptors (Lipinski definition) is 3. The number of rotatable bonds is 1.